The molecule has 0 fully saturated rings. The Balaban J connectivity index is 1.88. The third-order valence-electron chi connectivity index (χ3n) is 4.34. The van der Waals surface area contributed by atoms with Crippen molar-refractivity contribution in [3.63, 3.8) is 0 Å². The first-order chi connectivity index (χ1) is 12.5. The molecule has 0 unspecified atom stereocenters. The summed E-state index contributed by atoms with van der Waals surface area (Å²) >= 11 is 6.01. The van der Waals surface area contributed by atoms with Crippen LogP contribution in [0.5, 0.6) is 0 Å². The van der Waals surface area contributed by atoms with Gasteiger partial charge in [-0.05, 0) is 24.6 Å². The lowest BCUT2D eigenvalue weighted by atomic mass is 9.95. The first kappa shape index (κ1) is 16.4. The number of nitrogens with two attached hydrogens (primary N) is 1. The number of rotatable bonds is 3. The van der Waals surface area contributed by atoms with E-state index in [1.165, 1.54) is 0 Å². The van der Waals surface area contributed by atoms with Crippen molar-refractivity contribution >= 4 is 23.5 Å². The molecule has 0 spiro atoms. The average Bonchev–Trinajstić information content (AvgIpc) is 3.05. The molecule has 0 aliphatic carbocycles. The van der Waals surface area contributed by atoms with Crippen molar-refractivity contribution in [2.45, 2.75) is 13.0 Å². The molecule has 4 rings (SSSR count). The maximum absolute atomic E-state index is 12.1. The normalized spacial score (nSPS) is 16.2. The fourth-order valence-electron chi connectivity index (χ4n) is 3.13. The highest BCUT2D eigenvalue weighted by Crippen LogP contribution is 2.36. The van der Waals surface area contributed by atoms with Gasteiger partial charge in [0, 0.05) is 16.3 Å². The van der Waals surface area contributed by atoms with Crippen LogP contribution >= 0.6 is 11.6 Å². The predicted octanol–water partition coefficient (Wildman–Crippen LogP) is 3.37. The number of fused-ring (bicyclic) bond motifs is 1. The van der Waals surface area contributed by atoms with Gasteiger partial charge in [-0.2, -0.15) is 4.98 Å². The molecular formula is C19H16ClN5O. The maximum Gasteiger partial charge on any atom is 0.248 e. The number of primary amides is 1. The quantitative estimate of drug-likeness (QED) is 0.745. The third-order valence-corrected chi connectivity index (χ3v) is 4.59. The Labute approximate surface area is 155 Å². The van der Waals surface area contributed by atoms with Gasteiger partial charge in [-0.3, -0.25) is 4.79 Å². The highest BCUT2D eigenvalue weighted by atomic mass is 35.5. The molecule has 1 aromatic heterocycles. The van der Waals surface area contributed by atoms with Crippen molar-refractivity contribution in [3.8, 4) is 11.4 Å². The van der Waals surface area contributed by atoms with E-state index in [9.17, 15) is 4.79 Å². The summed E-state index contributed by atoms with van der Waals surface area (Å²) in [7, 11) is 0. The Kier molecular flexibility index (Phi) is 3.97. The Hall–Kier alpha value is -3.12. The van der Waals surface area contributed by atoms with Gasteiger partial charge in [0.25, 0.3) is 0 Å². The summed E-state index contributed by atoms with van der Waals surface area (Å²) in [5, 5.41) is 8.39. The minimum Gasteiger partial charge on any atom is -0.366 e. The van der Waals surface area contributed by atoms with Gasteiger partial charge in [0.05, 0.1) is 5.57 Å². The zero-order valence-corrected chi connectivity index (χ0v) is 14.7. The topological polar surface area (TPSA) is 85.8 Å². The van der Waals surface area contributed by atoms with E-state index in [2.05, 4.69) is 15.4 Å². The molecule has 0 saturated carbocycles. The number of allylic oxidation sites excluding steroid dienone is 1. The van der Waals surface area contributed by atoms with Crippen LogP contribution in [0.4, 0.5) is 5.95 Å². The van der Waals surface area contributed by atoms with E-state index in [1.54, 1.807) is 16.8 Å². The molecule has 1 amide bonds. The summed E-state index contributed by atoms with van der Waals surface area (Å²) in [6, 6.07) is 16.5. The van der Waals surface area contributed by atoms with E-state index in [0.29, 0.717) is 28.1 Å². The van der Waals surface area contributed by atoms with Crippen molar-refractivity contribution in [2.24, 2.45) is 5.73 Å². The molecule has 3 N–H and O–H groups in total. The number of nitrogens with zero attached hydrogens (tertiary/aromatic N) is 3. The third kappa shape index (κ3) is 2.74. The molecule has 0 bridgehead atoms. The predicted molar refractivity (Wildman–Crippen MR) is 101 cm³/mol. The van der Waals surface area contributed by atoms with Gasteiger partial charge in [0.15, 0.2) is 5.82 Å². The lowest BCUT2D eigenvalue weighted by Gasteiger charge is -2.27. The number of halogens is 1. The minimum absolute atomic E-state index is 0.448. The second-order valence-electron chi connectivity index (χ2n) is 6.05. The summed E-state index contributed by atoms with van der Waals surface area (Å²) in [5.74, 6) is 0.634. The van der Waals surface area contributed by atoms with Gasteiger partial charge in [0.1, 0.15) is 6.04 Å². The number of aromatic nitrogens is 3. The first-order valence-electron chi connectivity index (χ1n) is 8.09. The molecular weight excluding hydrogens is 350 g/mol. The van der Waals surface area contributed by atoms with E-state index >= 15 is 0 Å². The summed E-state index contributed by atoms with van der Waals surface area (Å²) < 4.78 is 1.69. The Bertz CT molecular complexity index is 1010. The van der Waals surface area contributed by atoms with Crippen LogP contribution in [0.3, 0.4) is 0 Å². The monoisotopic (exact) mass is 365 g/mol. The SMILES string of the molecule is CC1=C(C(N)=O)[C@H](c2ccc(Cl)cc2)n2nc(-c3ccccc3)nc2N1. The van der Waals surface area contributed by atoms with Crippen LogP contribution in [0.25, 0.3) is 11.4 Å². The Morgan fingerprint density at radius 2 is 1.85 bits per heavy atom. The maximum atomic E-state index is 12.1. The zero-order valence-electron chi connectivity index (χ0n) is 14.0. The van der Waals surface area contributed by atoms with Crippen molar-refractivity contribution in [1.82, 2.24) is 14.8 Å². The largest absolute Gasteiger partial charge is 0.366 e. The van der Waals surface area contributed by atoms with Crippen molar-refractivity contribution in [2.75, 3.05) is 5.32 Å². The number of benzene rings is 2. The molecule has 7 heteroatoms. The van der Waals surface area contributed by atoms with Crippen LogP contribution in [-0.4, -0.2) is 20.7 Å². The molecule has 0 saturated heterocycles. The molecule has 6 nitrogen and oxygen atoms in total. The van der Waals surface area contributed by atoms with E-state index in [4.69, 9.17) is 17.3 Å². The molecule has 1 atom stereocenters. The fraction of sp³-hybridized carbons (Fsp3) is 0.105. The number of hydrogen-bond acceptors (Lipinski definition) is 4. The van der Waals surface area contributed by atoms with Crippen LogP contribution < -0.4 is 11.1 Å². The second kappa shape index (κ2) is 6.31. The Morgan fingerprint density at radius 3 is 2.50 bits per heavy atom. The van der Waals surface area contributed by atoms with E-state index in [1.807, 2.05) is 49.4 Å². The van der Waals surface area contributed by atoms with Crippen LogP contribution in [0.1, 0.15) is 18.5 Å². The van der Waals surface area contributed by atoms with E-state index in [0.717, 1.165) is 11.1 Å². The highest BCUT2D eigenvalue weighted by molar-refractivity contribution is 6.30. The molecule has 1 aliphatic rings. The minimum atomic E-state index is -0.502. The van der Waals surface area contributed by atoms with E-state index in [-0.39, 0.29) is 0 Å². The molecule has 3 aromatic rings. The fourth-order valence-corrected chi connectivity index (χ4v) is 3.26. The molecule has 2 aromatic carbocycles. The second-order valence-corrected chi connectivity index (χ2v) is 6.49. The molecule has 0 radical (unpaired) electrons. The Morgan fingerprint density at radius 1 is 1.15 bits per heavy atom. The van der Waals surface area contributed by atoms with Gasteiger partial charge in [-0.25, -0.2) is 4.68 Å². The number of anilines is 1. The summed E-state index contributed by atoms with van der Waals surface area (Å²) in [6.07, 6.45) is 0. The average molecular weight is 366 g/mol. The van der Waals surface area contributed by atoms with Crippen LogP contribution in [0.2, 0.25) is 5.02 Å². The van der Waals surface area contributed by atoms with Gasteiger partial charge in [-0.1, -0.05) is 54.1 Å². The summed E-state index contributed by atoms with van der Waals surface area (Å²) in [5.41, 5.74) is 8.53. The lowest BCUT2D eigenvalue weighted by Crippen LogP contribution is -2.31. The smallest absolute Gasteiger partial charge is 0.248 e. The summed E-state index contributed by atoms with van der Waals surface area (Å²) in [4.78, 5) is 16.7. The number of hydrogen-bond donors (Lipinski definition) is 2. The van der Waals surface area contributed by atoms with Crippen molar-refractivity contribution in [1.29, 1.82) is 0 Å². The van der Waals surface area contributed by atoms with Crippen LogP contribution in [0.15, 0.2) is 65.9 Å². The zero-order chi connectivity index (χ0) is 18.3. The molecule has 26 heavy (non-hydrogen) atoms. The standard InChI is InChI=1S/C19H16ClN5O/c1-11-15(17(21)26)16(12-7-9-14(20)10-8-12)25-19(22-11)23-18(24-25)13-5-3-2-4-6-13/h2-10,16H,1H3,(H2,21,26)(H,22,23,24)/t16-/m0/s1. The number of carbonyl (C=O) groups excluding carboxylic acids is 1. The van der Waals surface area contributed by atoms with Crippen LogP contribution in [0, 0.1) is 0 Å². The number of carbonyl (C=O) groups is 1. The molecule has 2 heterocycles. The van der Waals surface area contributed by atoms with Gasteiger partial charge in [-0.15, -0.1) is 5.10 Å². The molecule has 1 aliphatic heterocycles. The van der Waals surface area contributed by atoms with Crippen molar-refractivity contribution in [3.05, 3.63) is 76.5 Å². The number of nitrogens with one attached hydrogen (secondary N) is 1. The highest BCUT2D eigenvalue weighted by Gasteiger charge is 2.33. The van der Waals surface area contributed by atoms with Gasteiger partial charge >= 0.3 is 0 Å². The van der Waals surface area contributed by atoms with Crippen LogP contribution in [-0.2, 0) is 4.79 Å². The first-order valence-corrected chi connectivity index (χ1v) is 8.47. The number of amides is 1. The lowest BCUT2D eigenvalue weighted by molar-refractivity contribution is -0.115. The van der Waals surface area contributed by atoms with Gasteiger partial charge < -0.3 is 11.1 Å². The van der Waals surface area contributed by atoms with Gasteiger partial charge in [0.2, 0.25) is 11.9 Å². The summed E-state index contributed by atoms with van der Waals surface area (Å²) in [6.45, 7) is 1.81. The van der Waals surface area contributed by atoms with E-state index < -0.39 is 11.9 Å². The van der Waals surface area contributed by atoms with Crippen molar-refractivity contribution < 1.29 is 4.79 Å². The molecule has 130 valence electrons.